The summed E-state index contributed by atoms with van der Waals surface area (Å²) in [4.78, 5) is 16.5. The number of para-hydroxylation sites is 2. The van der Waals surface area contributed by atoms with Crippen LogP contribution in [-0.2, 0) is 11.3 Å². The highest BCUT2D eigenvalue weighted by Gasteiger charge is 2.23. The van der Waals surface area contributed by atoms with Gasteiger partial charge < -0.3 is 14.6 Å². The highest BCUT2D eigenvalue weighted by atomic mass is 16.5. The summed E-state index contributed by atoms with van der Waals surface area (Å²) in [7, 11) is 1.40. The van der Waals surface area contributed by atoms with Crippen molar-refractivity contribution < 1.29 is 9.53 Å². The van der Waals surface area contributed by atoms with Crippen molar-refractivity contribution in [1.82, 2.24) is 14.9 Å². The maximum atomic E-state index is 11.6. The zero-order valence-corrected chi connectivity index (χ0v) is 14.2. The van der Waals surface area contributed by atoms with E-state index in [-0.39, 0.29) is 5.97 Å². The summed E-state index contributed by atoms with van der Waals surface area (Å²) in [5.74, 6) is 0.784. The molecule has 0 spiro atoms. The maximum Gasteiger partial charge on any atom is 0.337 e. The summed E-state index contributed by atoms with van der Waals surface area (Å²) in [5, 5.41) is 3.55. The van der Waals surface area contributed by atoms with Gasteiger partial charge in [-0.05, 0) is 49.2 Å². The lowest BCUT2D eigenvalue weighted by molar-refractivity contribution is 0.0600. The lowest BCUT2D eigenvalue weighted by Crippen LogP contribution is -2.18. The molecule has 1 fully saturated rings. The second kappa shape index (κ2) is 6.69. The lowest BCUT2D eigenvalue weighted by Gasteiger charge is -2.14. The fourth-order valence-corrected chi connectivity index (χ4v) is 3.48. The fraction of sp³-hybridized carbons (Fsp3) is 0.300. The van der Waals surface area contributed by atoms with Crippen LogP contribution in [0.5, 0.6) is 0 Å². The Labute approximate surface area is 146 Å². The van der Waals surface area contributed by atoms with Crippen molar-refractivity contribution in [2.24, 2.45) is 0 Å². The number of nitrogens with one attached hydrogen (secondary N) is 1. The van der Waals surface area contributed by atoms with Gasteiger partial charge in [0.15, 0.2) is 0 Å². The number of esters is 1. The molecule has 5 nitrogen and oxygen atoms in total. The molecule has 0 bridgehead atoms. The molecule has 4 rings (SSSR count). The monoisotopic (exact) mass is 335 g/mol. The first kappa shape index (κ1) is 15.8. The second-order valence-electron chi connectivity index (χ2n) is 6.38. The van der Waals surface area contributed by atoms with Crippen LogP contribution in [0.1, 0.15) is 40.6 Å². The number of hydrogen-bond acceptors (Lipinski definition) is 4. The summed E-state index contributed by atoms with van der Waals surface area (Å²) in [6.07, 6.45) is 2.30. The van der Waals surface area contributed by atoms with Crippen molar-refractivity contribution >= 4 is 17.0 Å². The average Bonchev–Trinajstić information content (AvgIpc) is 3.30. The fourth-order valence-electron chi connectivity index (χ4n) is 3.48. The van der Waals surface area contributed by atoms with Gasteiger partial charge in [0.2, 0.25) is 0 Å². The molecule has 1 aliphatic heterocycles. The number of carbonyl (C=O) groups is 1. The van der Waals surface area contributed by atoms with Crippen LogP contribution in [0.3, 0.4) is 0 Å². The van der Waals surface area contributed by atoms with E-state index in [1.165, 1.54) is 13.5 Å². The van der Waals surface area contributed by atoms with E-state index in [2.05, 4.69) is 22.0 Å². The molecule has 1 atom stereocenters. The van der Waals surface area contributed by atoms with Crippen LogP contribution in [0.2, 0.25) is 0 Å². The van der Waals surface area contributed by atoms with Gasteiger partial charge in [0.25, 0.3) is 0 Å². The van der Waals surface area contributed by atoms with Crippen LogP contribution in [0.25, 0.3) is 11.0 Å². The molecular formula is C20H21N3O2. The zero-order chi connectivity index (χ0) is 17.2. The minimum absolute atomic E-state index is 0.307. The van der Waals surface area contributed by atoms with Gasteiger partial charge in [0.05, 0.1) is 29.7 Å². The van der Waals surface area contributed by atoms with Crippen LogP contribution >= 0.6 is 0 Å². The van der Waals surface area contributed by atoms with E-state index in [1.807, 2.05) is 36.4 Å². The lowest BCUT2D eigenvalue weighted by atomic mass is 10.1. The number of methoxy groups -OCH3 is 1. The number of ether oxygens (including phenoxy) is 1. The Morgan fingerprint density at radius 2 is 2.04 bits per heavy atom. The van der Waals surface area contributed by atoms with Crippen LogP contribution in [0.4, 0.5) is 0 Å². The second-order valence-corrected chi connectivity index (χ2v) is 6.38. The van der Waals surface area contributed by atoms with Gasteiger partial charge in [-0.25, -0.2) is 9.78 Å². The standard InChI is InChI=1S/C20H21N3O2/c1-25-20(24)15-10-8-14(9-11-15)13-23-18-7-3-2-5-16(18)22-19(23)17-6-4-12-21-17/h2-3,5,7-11,17,21H,4,6,12-13H2,1H3. The van der Waals surface area contributed by atoms with Crippen molar-refractivity contribution in [1.29, 1.82) is 0 Å². The van der Waals surface area contributed by atoms with Crippen LogP contribution < -0.4 is 5.32 Å². The zero-order valence-electron chi connectivity index (χ0n) is 14.2. The number of imidazole rings is 1. The van der Waals surface area contributed by atoms with Crippen molar-refractivity contribution in [3.63, 3.8) is 0 Å². The molecular weight excluding hydrogens is 314 g/mol. The molecule has 0 aliphatic carbocycles. The minimum atomic E-state index is -0.310. The molecule has 128 valence electrons. The third kappa shape index (κ3) is 3.03. The molecule has 5 heteroatoms. The van der Waals surface area contributed by atoms with Gasteiger partial charge in [-0.1, -0.05) is 24.3 Å². The smallest absolute Gasteiger partial charge is 0.337 e. The summed E-state index contributed by atoms with van der Waals surface area (Å²) >= 11 is 0. The van der Waals surface area contributed by atoms with Crippen molar-refractivity contribution in [2.75, 3.05) is 13.7 Å². The van der Waals surface area contributed by atoms with E-state index in [0.717, 1.165) is 41.9 Å². The molecule has 2 heterocycles. The Balaban J connectivity index is 1.70. The summed E-state index contributed by atoms with van der Waals surface area (Å²) in [6, 6.07) is 16.1. The number of carbonyl (C=O) groups excluding carboxylic acids is 1. The van der Waals surface area contributed by atoms with Crippen LogP contribution in [0, 0.1) is 0 Å². The van der Waals surface area contributed by atoms with E-state index in [4.69, 9.17) is 9.72 Å². The molecule has 25 heavy (non-hydrogen) atoms. The normalized spacial score (nSPS) is 17.1. The number of aromatic nitrogens is 2. The predicted molar refractivity (Wildman–Crippen MR) is 96.6 cm³/mol. The van der Waals surface area contributed by atoms with E-state index in [9.17, 15) is 4.79 Å². The van der Waals surface area contributed by atoms with Gasteiger partial charge in [0, 0.05) is 6.54 Å². The molecule has 0 amide bonds. The highest BCUT2D eigenvalue weighted by Crippen LogP contribution is 2.27. The average molecular weight is 335 g/mol. The topological polar surface area (TPSA) is 56.1 Å². The maximum absolute atomic E-state index is 11.6. The van der Waals surface area contributed by atoms with Crippen LogP contribution in [0.15, 0.2) is 48.5 Å². The Bertz CT molecular complexity index is 893. The first-order chi connectivity index (χ1) is 12.3. The molecule has 3 aromatic rings. The van der Waals surface area contributed by atoms with Gasteiger partial charge in [0.1, 0.15) is 5.82 Å². The van der Waals surface area contributed by atoms with Crippen molar-refractivity contribution in [3.05, 3.63) is 65.5 Å². The third-order valence-electron chi connectivity index (χ3n) is 4.77. The van der Waals surface area contributed by atoms with Gasteiger partial charge in [-0.3, -0.25) is 0 Å². The molecule has 1 unspecified atom stereocenters. The number of nitrogens with zero attached hydrogens (tertiary/aromatic N) is 2. The first-order valence-corrected chi connectivity index (χ1v) is 8.62. The van der Waals surface area contributed by atoms with Gasteiger partial charge in [-0.2, -0.15) is 0 Å². The number of rotatable bonds is 4. The third-order valence-corrected chi connectivity index (χ3v) is 4.77. The Morgan fingerprint density at radius 3 is 2.76 bits per heavy atom. The van der Waals surface area contributed by atoms with Crippen molar-refractivity contribution in [2.45, 2.75) is 25.4 Å². The molecule has 1 aliphatic rings. The van der Waals surface area contributed by atoms with Crippen molar-refractivity contribution in [3.8, 4) is 0 Å². The quantitative estimate of drug-likeness (QED) is 0.743. The number of benzene rings is 2. The molecule has 0 saturated carbocycles. The predicted octanol–water partition coefficient (Wildman–Crippen LogP) is 3.30. The Morgan fingerprint density at radius 1 is 1.24 bits per heavy atom. The first-order valence-electron chi connectivity index (χ1n) is 8.62. The van der Waals surface area contributed by atoms with Gasteiger partial charge in [-0.15, -0.1) is 0 Å². The Kier molecular flexibility index (Phi) is 4.24. The SMILES string of the molecule is COC(=O)c1ccc(Cn2c(C3CCCN3)nc3ccccc32)cc1. The summed E-state index contributed by atoms with van der Waals surface area (Å²) < 4.78 is 7.05. The van der Waals surface area contributed by atoms with E-state index in [1.54, 1.807) is 0 Å². The molecule has 1 saturated heterocycles. The molecule has 2 aromatic carbocycles. The van der Waals surface area contributed by atoms with E-state index < -0.39 is 0 Å². The van der Waals surface area contributed by atoms with Crippen LogP contribution in [-0.4, -0.2) is 29.2 Å². The summed E-state index contributed by atoms with van der Waals surface area (Å²) in [6.45, 7) is 1.77. The number of fused-ring (bicyclic) bond motifs is 1. The molecule has 1 N–H and O–H groups in total. The Hall–Kier alpha value is -2.66. The van der Waals surface area contributed by atoms with E-state index in [0.29, 0.717) is 11.6 Å². The molecule has 1 aromatic heterocycles. The number of hydrogen-bond donors (Lipinski definition) is 1. The molecule has 0 radical (unpaired) electrons. The largest absolute Gasteiger partial charge is 0.465 e. The van der Waals surface area contributed by atoms with Gasteiger partial charge >= 0.3 is 5.97 Å². The van der Waals surface area contributed by atoms with E-state index >= 15 is 0 Å². The summed E-state index contributed by atoms with van der Waals surface area (Å²) in [5.41, 5.74) is 3.87. The minimum Gasteiger partial charge on any atom is -0.465 e. The highest BCUT2D eigenvalue weighted by molar-refractivity contribution is 5.89.